The lowest BCUT2D eigenvalue weighted by atomic mass is 10.1. The molecule has 2 rings (SSSR count). The highest BCUT2D eigenvalue weighted by Crippen LogP contribution is 2.20. The maximum atomic E-state index is 12.3. The molecular formula is C14H15ClN2O2. The Labute approximate surface area is 116 Å². The smallest absolute Gasteiger partial charge is 0.189 e. The number of rotatable bonds is 5. The van der Waals surface area contributed by atoms with Gasteiger partial charge in [0.25, 0.3) is 0 Å². The van der Waals surface area contributed by atoms with Crippen LogP contribution in [-0.2, 0) is 13.0 Å². The number of hydrogen-bond donors (Lipinski definition) is 0. The number of halogens is 1. The summed E-state index contributed by atoms with van der Waals surface area (Å²) in [5, 5.41) is 4.79. The summed E-state index contributed by atoms with van der Waals surface area (Å²) in [4.78, 5) is 12.3. The number of methoxy groups -OCH3 is 1. The molecule has 4 nitrogen and oxygen atoms in total. The molecule has 2 aromatic rings. The van der Waals surface area contributed by atoms with Crippen LogP contribution < -0.4 is 4.74 Å². The zero-order chi connectivity index (χ0) is 13.8. The predicted octanol–water partition coefficient (Wildman–Crippen LogP) is 2.99. The molecule has 0 spiro atoms. The molecule has 0 atom stereocenters. The summed E-state index contributed by atoms with van der Waals surface area (Å²) in [6.07, 6.45) is 1.87. The average molecular weight is 279 g/mol. The first-order chi connectivity index (χ1) is 9.15. The highest BCUT2D eigenvalue weighted by molar-refractivity contribution is 6.30. The maximum Gasteiger partial charge on any atom is 0.189 e. The van der Waals surface area contributed by atoms with E-state index in [0.717, 1.165) is 5.56 Å². The molecular weight excluding hydrogens is 264 g/mol. The van der Waals surface area contributed by atoms with E-state index < -0.39 is 0 Å². The fourth-order valence-corrected chi connectivity index (χ4v) is 2.04. The van der Waals surface area contributed by atoms with Crippen LogP contribution in [0.1, 0.15) is 23.0 Å². The summed E-state index contributed by atoms with van der Waals surface area (Å²) in [7, 11) is 1.54. The molecule has 0 amide bonds. The maximum absolute atomic E-state index is 12.3. The number of aromatic nitrogens is 2. The van der Waals surface area contributed by atoms with E-state index in [2.05, 4.69) is 5.10 Å². The molecule has 0 bridgehead atoms. The Morgan fingerprint density at radius 1 is 1.37 bits per heavy atom. The van der Waals surface area contributed by atoms with Gasteiger partial charge in [0.05, 0.1) is 13.3 Å². The van der Waals surface area contributed by atoms with E-state index in [4.69, 9.17) is 16.3 Å². The van der Waals surface area contributed by atoms with Gasteiger partial charge in [-0.15, -0.1) is 0 Å². The van der Waals surface area contributed by atoms with Crippen molar-refractivity contribution in [1.29, 1.82) is 0 Å². The Morgan fingerprint density at radius 3 is 2.63 bits per heavy atom. The molecule has 0 radical (unpaired) electrons. The summed E-state index contributed by atoms with van der Waals surface area (Å²) in [6, 6.07) is 7.25. The van der Waals surface area contributed by atoms with Crippen LogP contribution in [0.15, 0.2) is 30.5 Å². The second kappa shape index (κ2) is 5.89. The zero-order valence-corrected chi connectivity index (χ0v) is 11.6. The standard InChI is InChI=1S/C14H15ClN2O2/c1-3-17-14(13(19-2)9-16-17)12(18)8-10-4-6-11(15)7-5-10/h4-7,9H,3,8H2,1-2H3. The third-order valence-corrected chi connectivity index (χ3v) is 3.12. The highest BCUT2D eigenvalue weighted by Gasteiger charge is 2.18. The Morgan fingerprint density at radius 2 is 2.05 bits per heavy atom. The van der Waals surface area contributed by atoms with Crippen LogP contribution >= 0.6 is 11.6 Å². The Balaban J connectivity index is 2.24. The van der Waals surface area contributed by atoms with Gasteiger partial charge in [0.2, 0.25) is 0 Å². The number of carbonyl (C=O) groups excluding carboxylic acids is 1. The van der Waals surface area contributed by atoms with Crippen LogP contribution in [0.2, 0.25) is 5.02 Å². The number of ether oxygens (including phenoxy) is 1. The molecule has 100 valence electrons. The summed E-state index contributed by atoms with van der Waals surface area (Å²) >= 11 is 5.82. The SMILES string of the molecule is CCn1ncc(OC)c1C(=O)Cc1ccc(Cl)cc1. The van der Waals surface area contributed by atoms with Gasteiger partial charge >= 0.3 is 0 Å². The second-order valence-electron chi connectivity index (χ2n) is 4.10. The number of ketones is 1. The van der Waals surface area contributed by atoms with Crippen molar-refractivity contribution in [2.75, 3.05) is 7.11 Å². The first kappa shape index (κ1) is 13.6. The van der Waals surface area contributed by atoms with E-state index in [1.54, 1.807) is 23.0 Å². The molecule has 0 saturated heterocycles. The molecule has 0 aliphatic carbocycles. The van der Waals surface area contributed by atoms with Crippen LogP contribution in [0, 0.1) is 0 Å². The van der Waals surface area contributed by atoms with Crippen molar-refractivity contribution >= 4 is 17.4 Å². The van der Waals surface area contributed by atoms with E-state index in [0.29, 0.717) is 29.4 Å². The van der Waals surface area contributed by atoms with Gasteiger partial charge in [-0.25, -0.2) is 0 Å². The molecule has 0 fully saturated rings. The van der Waals surface area contributed by atoms with Crippen LogP contribution in [0.5, 0.6) is 5.75 Å². The first-order valence-corrected chi connectivity index (χ1v) is 6.41. The number of hydrogen-bond acceptors (Lipinski definition) is 3. The zero-order valence-electron chi connectivity index (χ0n) is 10.9. The van der Waals surface area contributed by atoms with Crippen LogP contribution in [0.25, 0.3) is 0 Å². The lowest BCUT2D eigenvalue weighted by Gasteiger charge is -2.06. The van der Waals surface area contributed by atoms with Gasteiger partial charge in [0.1, 0.15) is 5.69 Å². The van der Waals surface area contributed by atoms with Crippen LogP contribution in [0.3, 0.4) is 0 Å². The van der Waals surface area contributed by atoms with E-state index in [1.165, 1.54) is 7.11 Å². The van der Waals surface area contributed by atoms with Crippen molar-refractivity contribution in [1.82, 2.24) is 9.78 Å². The number of benzene rings is 1. The van der Waals surface area contributed by atoms with Crippen molar-refractivity contribution in [3.05, 3.63) is 46.7 Å². The van der Waals surface area contributed by atoms with Crippen molar-refractivity contribution < 1.29 is 9.53 Å². The molecule has 0 saturated carbocycles. The molecule has 5 heteroatoms. The lowest BCUT2D eigenvalue weighted by molar-refractivity contribution is 0.0979. The molecule has 19 heavy (non-hydrogen) atoms. The molecule has 0 N–H and O–H groups in total. The van der Waals surface area contributed by atoms with E-state index in [9.17, 15) is 4.79 Å². The van der Waals surface area contributed by atoms with Gasteiger partial charge in [-0.3, -0.25) is 9.48 Å². The molecule has 0 aliphatic heterocycles. The summed E-state index contributed by atoms with van der Waals surface area (Å²) in [5.41, 5.74) is 1.43. The van der Waals surface area contributed by atoms with Crippen molar-refractivity contribution in [2.24, 2.45) is 0 Å². The van der Waals surface area contributed by atoms with Crippen LogP contribution in [0.4, 0.5) is 0 Å². The lowest BCUT2D eigenvalue weighted by Crippen LogP contribution is -2.12. The fourth-order valence-electron chi connectivity index (χ4n) is 1.91. The third-order valence-electron chi connectivity index (χ3n) is 2.87. The van der Waals surface area contributed by atoms with Crippen molar-refractivity contribution in [3.8, 4) is 5.75 Å². The Kier molecular flexibility index (Phi) is 4.22. The van der Waals surface area contributed by atoms with Crippen molar-refractivity contribution in [2.45, 2.75) is 19.9 Å². The molecule has 1 aromatic carbocycles. The largest absolute Gasteiger partial charge is 0.493 e. The quantitative estimate of drug-likeness (QED) is 0.790. The fraction of sp³-hybridized carbons (Fsp3) is 0.286. The van der Waals surface area contributed by atoms with E-state index in [1.807, 2.05) is 19.1 Å². The topological polar surface area (TPSA) is 44.1 Å². The number of aryl methyl sites for hydroxylation is 1. The molecule has 1 aromatic heterocycles. The summed E-state index contributed by atoms with van der Waals surface area (Å²) < 4.78 is 6.83. The minimum atomic E-state index is -0.0153. The van der Waals surface area contributed by atoms with E-state index in [-0.39, 0.29) is 5.78 Å². The van der Waals surface area contributed by atoms with Gasteiger partial charge in [-0.1, -0.05) is 23.7 Å². The summed E-state index contributed by atoms with van der Waals surface area (Å²) in [6.45, 7) is 2.57. The molecule has 0 aliphatic rings. The van der Waals surface area contributed by atoms with Gasteiger partial charge in [-0.2, -0.15) is 5.10 Å². The predicted molar refractivity (Wildman–Crippen MR) is 73.9 cm³/mol. The third kappa shape index (κ3) is 2.96. The van der Waals surface area contributed by atoms with Crippen molar-refractivity contribution in [3.63, 3.8) is 0 Å². The first-order valence-electron chi connectivity index (χ1n) is 6.03. The normalized spacial score (nSPS) is 10.5. The van der Waals surface area contributed by atoms with E-state index >= 15 is 0 Å². The van der Waals surface area contributed by atoms with Gasteiger partial charge in [-0.05, 0) is 24.6 Å². The number of Topliss-reactive ketones (excluding diaryl/α,β-unsaturated/α-hetero) is 1. The minimum Gasteiger partial charge on any atom is -0.493 e. The van der Waals surface area contributed by atoms with Gasteiger partial charge in [0, 0.05) is 18.0 Å². The molecule has 1 heterocycles. The molecule has 0 unspecified atom stereocenters. The average Bonchev–Trinajstić information content (AvgIpc) is 2.84. The Hall–Kier alpha value is -1.81. The monoisotopic (exact) mass is 278 g/mol. The second-order valence-corrected chi connectivity index (χ2v) is 4.54. The highest BCUT2D eigenvalue weighted by atomic mass is 35.5. The summed E-state index contributed by atoms with van der Waals surface area (Å²) in [5.74, 6) is 0.499. The Bertz CT molecular complexity index is 554. The minimum absolute atomic E-state index is 0.0153. The number of carbonyl (C=O) groups is 1. The number of nitrogens with zero attached hydrogens (tertiary/aromatic N) is 2. The van der Waals surface area contributed by atoms with Crippen LogP contribution in [-0.4, -0.2) is 22.7 Å². The van der Waals surface area contributed by atoms with Gasteiger partial charge in [0.15, 0.2) is 11.5 Å². The van der Waals surface area contributed by atoms with Gasteiger partial charge < -0.3 is 4.74 Å².